The quantitative estimate of drug-likeness (QED) is 0.593. The van der Waals surface area contributed by atoms with Crippen LogP contribution in [0, 0.1) is 5.41 Å². The minimum atomic E-state index is 0.197. The van der Waals surface area contributed by atoms with Crippen molar-refractivity contribution < 1.29 is 4.79 Å². The Balaban J connectivity index is 2.84. The molecule has 72 valence electrons. The van der Waals surface area contributed by atoms with Crippen LogP contribution in [0.3, 0.4) is 0 Å². The molecule has 1 saturated carbocycles. The van der Waals surface area contributed by atoms with Crippen molar-refractivity contribution in [2.75, 3.05) is 0 Å². The molecule has 0 bridgehead atoms. The highest BCUT2D eigenvalue weighted by molar-refractivity contribution is 6.02. The molecule has 1 nitrogen and oxygen atoms in total. The highest BCUT2D eigenvalue weighted by atomic mass is 16.1. The van der Waals surface area contributed by atoms with Crippen molar-refractivity contribution in [1.29, 1.82) is 0 Å². The van der Waals surface area contributed by atoms with Gasteiger partial charge in [0, 0.05) is 12.0 Å². The average molecular weight is 178 g/mol. The van der Waals surface area contributed by atoms with Gasteiger partial charge in [-0.2, -0.15) is 0 Å². The summed E-state index contributed by atoms with van der Waals surface area (Å²) in [7, 11) is 0. The molecule has 0 spiro atoms. The Kier molecular flexibility index (Phi) is 2.74. The minimum Gasteiger partial charge on any atom is -0.294 e. The third kappa shape index (κ3) is 2.30. The fraction of sp³-hybridized carbons (Fsp3) is 0.583. The predicted octanol–water partition coefficient (Wildman–Crippen LogP) is 3.27. The molecule has 0 aromatic rings. The molecule has 1 rings (SSSR count). The van der Waals surface area contributed by atoms with Crippen LogP contribution in [0.25, 0.3) is 0 Å². The lowest BCUT2D eigenvalue weighted by molar-refractivity contribution is -0.114. The summed E-state index contributed by atoms with van der Waals surface area (Å²) in [5.74, 6) is 0.221. The number of hydrogen-bond donors (Lipinski definition) is 0. The maximum atomic E-state index is 11.2. The lowest BCUT2D eigenvalue weighted by atomic mass is 9.87. The van der Waals surface area contributed by atoms with E-state index in [0.717, 1.165) is 24.0 Å². The van der Waals surface area contributed by atoms with Crippen molar-refractivity contribution in [2.24, 2.45) is 5.41 Å². The van der Waals surface area contributed by atoms with E-state index in [1.165, 1.54) is 0 Å². The second kappa shape index (κ2) is 3.49. The molecular formula is C12H18O. The van der Waals surface area contributed by atoms with Crippen molar-refractivity contribution in [3.05, 3.63) is 23.8 Å². The topological polar surface area (TPSA) is 17.1 Å². The highest BCUT2D eigenvalue weighted by Gasteiger charge is 2.23. The fourth-order valence-corrected chi connectivity index (χ4v) is 1.46. The number of hydrogen-bond acceptors (Lipinski definition) is 1. The van der Waals surface area contributed by atoms with Crippen LogP contribution in [-0.4, -0.2) is 5.78 Å². The summed E-state index contributed by atoms with van der Waals surface area (Å²) in [6.07, 6.45) is 4.85. The standard InChI is InChI=1S/C12H18O/c1-5-12(3,4)8-10-6-7-11(13)9(10)2/h8H,2,5-7H2,1,3-4H3/b10-8+. The smallest absolute Gasteiger partial charge is 0.162 e. The van der Waals surface area contributed by atoms with Gasteiger partial charge in [0.1, 0.15) is 0 Å². The van der Waals surface area contributed by atoms with Gasteiger partial charge in [-0.25, -0.2) is 0 Å². The van der Waals surface area contributed by atoms with E-state index in [9.17, 15) is 4.79 Å². The van der Waals surface area contributed by atoms with Crippen molar-refractivity contribution in [1.82, 2.24) is 0 Å². The molecule has 0 atom stereocenters. The van der Waals surface area contributed by atoms with Crippen LogP contribution in [0.15, 0.2) is 23.8 Å². The van der Waals surface area contributed by atoms with Crippen LogP contribution < -0.4 is 0 Å². The van der Waals surface area contributed by atoms with Crippen LogP contribution in [0.2, 0.25) is 0 Å². The van der Waals surface area contributed by atoms with Gasteiger partial charge in [-0.15, -0.1) is 0 Å². The van der Waals surface area contributed by atoms with E-state index >= 15 is 0 Å². The van der Waals surface area contributed by atoms with Gasteiger partial charge in [-0.1, -0.05) is 33.4 Å². The van der Waals surface area contributed by atoms with Gasteiger partial charge in [0.25, 0.3) is 0 Å². The van der Waals surface area contributed by atoms with E-state index in [2.05, 4.69) is 33.4 Å². The molecule has 1 heteroatoms. The Morgan fingerprint density at radius 2 is 2.08 bits per heavy atom. The van der Waals surface area contributed by atoms with Crippen molar-refractivity contribution in [3.8, 4) is 0 Å². The average Bonchev–Trinajstić information content (AvgIpc) is 2.36. The molecule has 0 radical (unpaired) electrons. The van der Waals surface area contributed by atoms with E-state index in [4.69, 9.17) is 0 Å². The van der Waals surface area contributed by atoms with Crippen molar-refractivity contribution in [2.45, 2.75) is 40.0 Å². The Morgan fingerprint density at radius 1 is 1.46 bits per heavy atom. The zero-order chi connectivity index (χ0) is 10.1. The predicted molar refractivity (Wildman–Crippen MR) is 55.5 cm³/mol. The molecule has 0 aliphatic heterocycles. The third-order valence-corrected chi connectivity index (χ3v) is 2.82. The number of Topliss-reactive ketones (excluding diaryl/α,β-unsaturated/α-hetero) is 1. The first-order chi connectivity index (χ1) is 5.96. The second-order valence-corrected chi connectivity index (χ2v) is 4.41. The Morgan fingerprint density at radius 3 is 2.46 bits per heavy atom. The molecule has 0 aromatic heterocycles. The molecule has 0 saturated heterocycles. The van der Waals surface area contributed by atoms with E-state index in [-0.39, 0.29) is 11.2 Å². The Bertz CT molecular complexity index is 269. The number of carbonyl (C=O) groups is 1. The second-order valence-electron chi connectivity index (χ2n) is 4.41. The maximum absolute atomic E-state index is 11.2. The lowest BCUT2D eigenvalue weighted by Crippen LogP contribution is -2.06. The van der Waals surface area contributed by atoms with E-state index in [1.807, 2.05) is 0 Å². The number of ketones is 1. The molecule has 0 unspecified atom stereocenters. The first-order valence-corrected chi connectivity index (χ1v) is 4.90. The summed E-state index contributed by atoms with van der Waals surface area (Å²) in [5.41, 5.74) is 2.10. The van der Waals surface area contributed by atoms with Crippen molar-refractivity contribution in [3.63, 3.8) is 0 Å². The zero-order valence-corrected chi connectivity index (χ0v) is 8.81. The molecule has 0 amide bonds. The van der Waals surface area contributed by atoms with Gasteiger partial charge >= 0.3 is 0 Å². The van der Waals surface area contributed by atoms with Crippen molar-refractivity contribution >= 4 is 5.78 Å². The summed E-state index contributed by atoms with van der Waals surface area (Å²) in [4.78, 5) is 11.2. The van der Waals surface area contributed by atoms with Crippen LogP contribution in [0.1, 0.15) is 40.0 Å². The van der Waals surface area contributed by atoms with Gasteiger partial charge in [-0.05, 0) is 23.8 Å². The number of allylic oxidation sites excluding steroid dienone is 3. The molecule has 0 N–H and O–H groups in total. The number of rotatable bonds is 2. The van der Waals surface area contributed by atoms with Gasteiger partial charge < -0.3 is 0 Å². The monoisotopic (exact) mass is 178 g/mol. The zero-order valence-electron chi connectivity index (χ0n) is 8.81. The van der Waals surface area contributed by atoms with Gasteiger partial charge in [0.05, 0.1) is 0 Å². The first kappa shape index (κ1) is 10.2. The Labute approximate surface area is 80.5 Å². The summed E-state index contributed by atoms with van der Waals surface area (Å²) in [6, 6.07) is 0. The van der Waals surface area contributed by atoms with Crippen LogP contribution in [-0.2, 0) is 4.79 Å². The molecule has 1 fully saturated rings. The summed E-state index contributed by atoms with van der Waals surface area (Å²) in [6.45, 7) is 10.4. The van der Waals surface area contributed by atoms with Gasteiger partial charge in [0.15, 0.2) is 5.78 Å². The van der Waals surface area contributed by atoms with E-state index in [1.54, 1.807) is 0 Å². The highest BCUT2D eigenvalue weighted by Crippen LogP contribution is 2.32. The summed E-state index contributed by atoms with van der Waals surface area (Å²) < 4.78 is 0. The first-order valence-electron chi connectivity index (χ1n) is 4.90. The van der Waals surface area contributed by atoms with E-state index < -0.39 is 0 Å². The van der Waals surface area contributed by atoms with Crippen LogP contribution in [0.5, 0.6) is 0 Å². The largest absolute Gasteiger partial charge is 0.294 e. The molecule has 0 aromatic carbocycles. The Hall–Kier alpha value is -0.850. The lowest BCUT2D eigenvalue weighted by Gasteiger charge is -2.18. The van der Waals surface area contributed by atoms with Gasteiger partial charge in [-0.3, -0.25) is 4.79 Å². The molecule has 1 aliphatic carbocycles. The minimum absolute atomic E-state index is 0.197. The molecule has 0 heterocycles. The van der Waals surface area contributed by atoms with Crippen LogP contribution >= 0.6 is 0 Å². The van der Waals surface area contributed by atoms with Gasteiger partial charge in [0.2, 0.25) is 0 Å². The third-order valence-electron chi connectivity index (χ3n) is 2.82. The molecule has 13 heavy (non-hydrogen) atoms. The van der Waals surface area contributed by atoms with Crippen LogP contribution in [0.4, 0.5) is 0 Å². The van der Waals surface area contributed by atoms with E-state index in [0.29, 0.717) is 6.42 Å². The SMILES string of the molecule is C=C1C(=O)CC/C1=C\C(C)(C)CC. The molecule has 1 aliphatic rings. The maximum Gasteiger partial charge on any atom is 0.162 e. The summed E-state index contributed by atoms with van der Waals surface area (Å²) >= 11 is 0. The molecular weight excluding hydrogens is 160 g/mol. The normalized spacial score (nSPS) is 21.6. The fourth-order valence-electron chi connectivity index (χ4n) is 1.46. The number of carbonyl (C=O) groups excluding carboxylic acids is 1. The summed E-state index contributed by atoms with van der Waals surface area (Å²) in [5, 5.41) is 0.